The van der Waals surface area contributed by atoms with Crippen LogP contribution in [0.2, 0.25) is 0 Å². The van der Waals surface area contributed by atoms with Crippen molar-refractivity contribution in [1.82, 2.24) is 24.1 Å². The summed E-state index contributed by atoms with van der Waals surface area (Å²) in [5.41, 5.74) is 2.29. The second-order valence-corrected chi connectivity index (χ2v) is 6.41. The number of aryl methyl sites for hydroxylation is 2. The summed E-state index contributed by atoms with van der Waals surface area (Å²) in [4.78, 5) is 4.33. The van der Waals surface area contributed by atoms with Crippen molar-refractivity contribution in [3.05, 3.63) is 35.7 Å². The van der Waals surface area contributed by atoms with Crippen LogP contribution < -0.4 is 0 Å². The molecule has 0 amide bonds. The van der Waals surface area contributed by atoms with E-state index in [0.29, 0.717) is 0 Å². The van der Waals surface area contributed by atoms with Crippen LogP contribution >= 0.6 is 23.3 Å². The van der Waals surface area contributed by atoms with Gasteiger partial charge < -0.3 is 4.57 Å². The Hall–Kier alpha value is -1.73. The molecule has 1 aromatic carbocycles. The minimum Gasteiger partial charge on any atom is -0.305 e. The van der Waals surface area contributed by atoms with Gasteiger partial charge in [-0.1, -0.05) is 29.8 Å². The lowest BCUT2D eigenvalue weighted by Crippen LogP contribution is -1.94. The van der Waals surface area contributed by atoms with Gasteiger partial charge in [0.1, 0.15) is 5.82 Å². The van der Waals surface area contributed by atoms with Gasteiger partial charge in [-0.25, -0.2) is 4.98 Å². The first kappa shape index (κ1) is 13.3. The van der Waals surface area contributed by atoms with Gasteiger partial charge in [0.2, 0.25) is 0 Å². The van der Waals surface area contributed by atoms with Gasteiger partial charge in [0, 0.05) is 12.6 Å². The molecule has 102 valence electrons. The number of hydrogen-bond donors (Lipinski definition) is 0. The fraction of sp³-hybridized carbons (Fsp3) is 0.231. The first-order chi connectivity index (χ1) is 9.63. The van der Waals surface area contributed by atoms with Crippen molar-refractivity contribution < 1.29 is 0 Å². The molecule has 0 aliphatic rings. The van der Waals surface area contributed by atoms with E-state index in [9.17, 15) is 0 Å². The highest BCUT2D eigenvalue weighted by molar-refractivity contribution is 8.00. The number of nitrogens with zero attached hydrogens (tertiary/aromatic N) is 5. The van der Waals surface area contributed by atoms with Gasteiger partial charge in [0.25, 0.3) is 0 Å². The third-order valence-electron chi connectivity index (χ3n) is 2.83. The van der Waals surface area contributed by atoms with Gasteiger partial charge in [0.05, 0.1) is 0 Å². The lowest BCUT2D eigenvalue weighted by atomic mass is 10.1. The SMILES string of the molecule is Cc1ccc(-c2nnc(Sc3nc(C)ns3)n2C)cc1. The summed E-state index contributed by atoms with van der Waals surface area (Å²) in [7, 11) is 1.96. The minimum atomic E-state index is 0.790. The largest absolute Gasteiger partial charge is 0.305 e. The van der Waals surface area contributed by atoms with E-state index in [1.165, 1.54) is 28.9 Å². The normalized spacial score (nSPS) is 10.9. The topological polar surface area (TPSA) is 56.5 Å². The molecule has 0 N–H and O–H groups in total. The van der Waals surface area contributed by atoms with Crippen LogP contribution in [0.5, 0.6) is 0 Å². The third-order valence-corrected chi connectivity index (χ3v) is 4.71. The maximum Gasteiger partial charge on any atom is 0.198 e. The number of rotatable bonds is 3. The summed E-state index contributed by atoms with van der Waals surface area (Å²) in [5, 5.41) is 9.32. The lowest BCUT2D eigenvalue weighted by molar-refractivity contribution is 0.793. The monoisotopic (exact) mass is 303 g/mol. The van der Waals surface area contributed by atoms with Gasteiger partial charge >= 0.3 is 0 Å². The molecule has 20 heavy (non-hydrogen) atoms. The first-order valence-corrected chi connectivity index (χ1v) is 7.67. The zero-order chi connectivity index (χ0) is 14.1. The molecule has 0 unspecified atom stereocenters. The first-order valence-electron chi connectivity index (χ1n) is 6.08. The molecule has 0 aliphatic carbocycles. The molecule has 5 nitrogen and oxygen atoms in total. The van der Waals surface area contributed by atoms with Crippen molar-refractivity contribution in [2.45, 2.75) is 23.3 Å². The number of benzene rings is 1. The van der Waals surface area contributed by atoms with Gasteiger partial charge in [-0.05, 0) is 37.1 Å². The highest BCUT2D eigenvalue weighted by atomic mass is 32.2. The van der Waals surface area contributed by atoms with Crippen molar-refractivity contribution in [1.29, 1.82) is 0 Å². The van der Waals surface area contributed by atoms with Gasteiger partial charge in [-0.3, -0.25) is 0 Å². The van der Waals surface area contributed by atoms with Crippen molar-refractivity contribution in [2.24, 2.45) is 7.05 Å². The van der Waals surface area contributed by atoms with E-state index in [2.05, 4.69) is 50.7 Å². The minimum absolute atomic E-state index is 0.790. The van der Waals surface area contributed by atoms with Crippen molar-refractivity contribution in [2.75, 3.05) is 0 Å². The maximum atomic E-state index is 4.33. The number of hydrogen-bond acceptors (Lipinski definition) is 6. The summed E-state index contributed by atoms with van der Waals surface area (Å²) in [6.07, 6.45) is 0. The predicted molar refractivity (Wildman–Crippen MR) is 79.9 cm³/mol. The van der Waals surface area contributed by atoms with E-state index in [1.807, 2.05) is 18.5 Å². The van der Waals surface area contributed by atoms with Crippen LogP contribution in [0, 0.1) is 13.8 Å². The van der Waals surface area contributed by atoms with Crippen LogP contribution in [0.1, 0.15) is 11.4 Å². The molecule has 0 saturated carbocycles. The van der Waals surface area contributed by atoms with Gasteiger partial charge in [-0.15, -0.1) is 10.2 Å². The van der Waals surface area contributed by atoms with Crippen LogP contribution in [-0.4, -0.2) is 24.1 Å². The van der Waals surface area contributed by atoms with Crippen LogP contribution in [0.4, 0.5) is 0 Å². The molecule has 0 fully saturated rings. The highest BCUT2D eigenvalue weighted by Crippen LogP contribution is 2.29. The molecular formula is C13H13N5S2. The standard InChI is InChI=1S/C13H13N5S2/c1-8-4-6-10(7-5-8)11-15-16-12(18(11)3)19-13-14-9(2)17-20-13/h4-7H,1-3H3. The molecule has 0 bridgehead atoms. The Balaban J connectivity index is 1.90. The quantitative estimate of drug-likeness (QED) is 0.744. The highest BCUT2D eigenvalue weighted by Gasteiger charge is 2.13. The lowest BCUT2D eigenvalue weighted by Gasteiger charge is -2.02. The van der Waals surface area contributed by atoms with Crippen LogP contribution in [0.25, 0.3) is 11.4 Å². The van der Waals surface area contributed by atoms with Crippen LogP contribution in [-0.2, 0) is 7.05 Å². The average Bonchev–Trinajstić information content (AvgIpc) is 2.99. The Morgan fingerprint density at radius 1 is 1.10 bits per heavy atom. The molecule has 0 aliphatic heterocycles. The van der Waals surface area contributed by atoms with Crippen molar-refractivity contribution in [3.8, 4) is 11.4 Å². The van der Waals surface area contributed by atoms with Crippen molar-refractivity contribution in [3.63, 3.8) is 0 Å². The molecule has 2 aromatic heterocycles. The molecule has 0 spiro atoms. The zero-order valence-corrected chi connectivity index (χ0v) is 13.0. The molecule has 3 aromatic rings. The maximum absolute atomic E-state index is 4.33. The Morgan fingerprint density at radius 2 is 1.85 bits per heavy atom. The third kappa shape index (κ3) is 2.59. The zero-order valence-electron chi connectivity index (χ0n) is 11.4. The Bertz CT molecular complexity index is 730. The molecule has 2 heterocycles. The summed E-state index contributed by atoms with van der Waals surface area (Å²) < 4.78 is 7.03. The van der Waals surface area contributed by atoms with E-state index >= 15 is 0 Å². The molecule has 0 radical (unpaired) electrons. The Morgan fingerprint density at radius 3 is 2.50 bits per heavy atom. The van der Waals surface area contributed by atoms with E-state index in [-0.39, 0.29) is 0 Å². The molecular weight excluding hydrogens is 290 g/mol. The summed E-state index contributed by atoms with van der Waals surface area (Å²) in [5.74, 6) is 1.65. The Labute approximate surface area is 125 Å². The summed E-state index contributed by atoms with van der Waals surface area (Å²) >= 11 is 2.87. The Kier molecular flexibility index (Phi) is 3.54. The predicted octanol–water partition coefficient (Wildman–Crippen LogP) is 3.10. The second kappa shape index (κ2) is 5.34. The van der Waals surface area contributed by atoms with Crippen LogP contribution in [0.15, 0.2) is 33.8 Å². The van der Waals surface area contributed by atoms with E-state index in [1.54, 1.807) is 0 Å². The summed E-state index contributed by atoms with van der Waals surface area (Å²) in [6, 6.07) is 8.27. The number of aromatic nitrogens is 5. The molecule has 0 atom stereocenters. The van der Waals surface area contributed by atoms with Crippen molar-refractivity contribution >= 4 is 23.3 Å². The van der Waals surface area contributed by atoms with Crippen LogP contribution in [0.3, 0.4) is 0 Å². The molecule has 0 saturated heterocycles. The smallest absolute Gasteiger partial charge is 0.198 e. The van der Waals surface area contributed by atoms with Gasteiger partial charge in [-0.2, -0.15) is 4.37 Å². The van der Waals surface area contributed by atoms with Gasteiger partial charge in [0.15, 0.2) is 15.3 Å². The van der Waals surface area contributed by atoms with E-state index < -0.39 is 0 Å². The fourth-order valence-corrected chi connectivity index (χ4v) is 3.30. The van der Waals surface area contributed by atoms with E-state index in [4.69, 9.17) is 0 Å². The fourth-order valence-electron chi connectivity index (χ4n) is 1.76. The summed E-state index contributed by atoms with van der Waals surface area (Å²) in [6.45, 7) is 3.95. The second-order valence-electron chi connectivity index (χ2n) is 4.44. The molecule has 3 rings (SSSR count). The molecule has 7 heteroatoms. The average molecular weight is 303 g/mol. The van der Waals surface area contributed by atoms with E-state index in [0.717, 1.165) is 26.7 Å².